The van der Waals surface area contributed by atoms with Crippen LogP contribution in [0.1, 0.15) is 38.7 Å². The van der Waals surface area contributed by atoms with E-state index in [1.54, 1.807) is 16.4 Å². The van der Waals surface area contributed by atoms with Crippen LogP contribution in [0.5, 0.6) is 0 Å². The molecule has 5 nitrogen and oxygen atoms in total. The Labute approximate surface area is 146 Å². The number of ether oxygens (including phenoxy) is 1. The van der Waals surface area contributed by atoms with E-state index in [-0.39, 0.29) is 6.10 Å². The van der Waals surface area contributed by atoms with Crippen LogP contribution < -0.4 is 5.73 Å². The minimum Gasteiger partial charge on any atom is -0.378 e. The van der Waals surface area contributed by atoms with Crippen LogP contribution in [-0.4, -0.2) is 45.1 Å². The van der Waals surface area contributed by atoms with Crippen molar-refractivity contribution >= 4 is 10.0 Å². The summed E-state index contributed by atoms with van der Waals surface area (Å²) in [6.45, 7) is 6.63. The molecule has 0 saturated carbocycles. The van der Waals surface area contributed by atoms with Gasteiger partial charge in [-0.25, -0.2) is 8.42 Å². The molecule has 24 heavy (non-hydrogen) atoms. The Morgan fingerprint density at radius 3 is 2.38 bits per heavy atom. The molecule has 0 unspecified atom stereocenters. The van der Waals surface area contributed by atoms with E-state index in [4.69, 9.17) is 10.5 Å². The third-order valence-corrected chi connectivity index (χ3v) is 6.22. The molecule has 0 spiro atoms. The topological polar surface area (TPSA) is 72.6 Å². The van der Waals surface area contributed by atoms with E-state index in [0.717, 1.165) is 25.7 Å². The average Bonchev–Trinajstić information content (AvgIpc) is 2.55. The molecule has 0 atom stereocenters. The number of nitrogens with two attached hydrogens (primary N) is 1. The summed E-state index contributed by atoms with van der Waals surface area (Å²) in [5.41, 5.74) is 6.63. The van der Waals surface area contributed by atoms with Crippen molar-refractivity contribution in [2.45, 2.75) is 50.5 Å². The van der Waals surface area contributed by atoms with Gasteiger partial charge in [-0.2, -0.15) is 4.31 Å². The molecule has 0 radical (unpaired) electrons. The van der Waals surface area contributed by atoms with Crippen molar-refractivity contribution in [3.05, 3.63) is 29.8 Å². The third-order valence-electron chi connectivity index (χ3n) is 4.31. The number of nitrogens with zero attached hydrogens (tertiary/aromatic N) is 1. The molecule has 2 rings (SSSR count). The molecule has 0 aromatic heterocycles. The summed E-state index contributed by atoms with van der Waals surface area (Å²) in [5, 5.41) is 0. The first-order valence-electron chi connectivity index (χ1n) is 8.84. The summed E-state index contributed by atoms with van der Waals surface area (Å²) in [6, 6.07) is 7.32. The van der Waals surface area contributed by atoms with Crippen LogP contribution in [0.4, 0.5) is 0 Å². The van der Waals surface area contributed by atoms with E-state index in [2.05, 4.69) is 13.8 Å². The highest BCUT2D eigenvalue weighted by Gasteiger charge is 2.29. The summed E-state index contributed by atoms with van der Waals surface area (Å²) in [4.78, 5) is 0.387. The Kier molecular flexibility index (Phi) is 7.22. The highest BCUT2D eigenvalue weighted by atomic mass is 32.2. The predicted octanol–water partition coefficient (Wildman–Crippen LogP) is 2.40. The number of rotatable bonds is 8. The molecule has 1 saturated heterocycles. The van der Waals surface area contributed by atoms with Crippen LogP contribution in [0.2, 0.25) is 0 Å². The van der Waals surface area contributed by atoms with Crippen molar-refractivity contribution in [2.24, 2.45) is 11.7 Å². The molecule has 0 aliphatic carbocycles. The first-order chi connectivity index (χ1) is 11.4. The maximum Gasteiger partial charge on any atom is 0.243 e. The van der Waals surface area contributed by atoms with Gasteiger partial charge in [0.1, 0.15) is 0 Å². The number of benzene rings is 1. The SMILES string of the molecule is CC(C)Cc1ccc(S(=O)(=O)N2CCC(OCCCN)CC2)cc1. The van der Waals surface area contributed by atoms with Gasteiger partial charge in [0, 0.05) is 19.7 Å². The smallest absolute Gasteiger partial charge is 0.243 e. The van der Waals surface area contributed by atoms with Crippen LogP contribution in [0.3, 0.4) is 0 Å². The fourth-order valence-electron chi connectivity index (χ4n) is 2.99. The molecule has 0 bridgehead atoms. The molecule has 136 valence electrons. The van der Waals surface area contributed by atoms with E-state index in [0.29, 0.717) is 37.1 Å². The molecule has 1 aromatic carbocycles. The quantitative estimate of drug-likeness (QED) is 0.728. The monoisotopic (exact) mass is 354 g/mol. The summed E-state index contributed by atoms with van der Waals surface area (Å²) in [5.74, 6) is 0.561. The average molecular weight is 355 g/mol. The minimum atomic E-state index is -3.40. The normalized spacial score (nSPS) is 17.5. The standard InChI is InChI=1S/C18H30N2O3S/c1-15(2)14-16-4-6-18(7-5-16)24(21,22)20-11-8-17(9-12-20)23-13-3-10-19/h4-7,15,17H,3,8-14,19H2,1-2H3. The van der Waals surface area contributed by atoms with Crippen molar-refractivity contribution in [3.8, 4) is 0 Å². The Bertz CT molecular complexity index is 591. The summed E-state index contributed by atoms with van der Waals surface area (Å²) >= 11 is 0. The van der Waals surface area contributed by atoms with Crippen molar-refractivity contribution in [1.29, 1.82) is 0 Å². The molecule has 1 aromatic rings. The van der Waals surface area contributed by atoms with E-state index < -0.39 is 10.0 Å². The van der Waals surface area contributed by atoms with Crippen molar-refractivity contribution < 1.29 is 13.2 Å². The largest absolute Gasteiger partial charge is 0.378 e. The summed E-state index contributed by atoms with van der Waals surface area (Å²) < 4.78 is 32.8. The Morgan fingerprint density at radius 1 is 1.21 bits per heavy atom. The van der Waals surface area contributed by atoms with Gasteiger partial charge in [-0.3, -0.25) is 0 Å². The molecule has 1 heterocycles. The lowest BCUT2D eigenvalue weighted by molar-refractivity contribution is 0.0209. The van der Waals surface area contributed by atoms with Crippen LogP contribution in [0, 0.1) is 5.92 Å². The molecule has 1 aliphatic rings. The Morgan fingerprint density at radius 2 is 1.83 bits per heavy atom. The number of hydrogen-bond acceptors (Lipinski definition) is 4. The molecule has 2 N–H and O–H groups in total. The van der Waals surface area contributed by atoms with Gasteiger partial charge in [0.2, 0.25) is 10.0 Å². The minimum absolute atomic E-state index is 0.149. The molecule has 0 amide bonds. The second-order valence-corrected chi connectivity index (χ2v) is 8.80. The summed E-state index contributed by atoms with van der Waals surface area (Å²) in [6.07, 6.45) is 3.45. The van der Waals surface area contributed by atoms with Gasteiger partial charge in [0.05, 0.1) is 11.0 Å². The van der Waals surface area contributed by atoms with Gasteiger partial charge in [-0.15, -0.1) is 0 Å². The fraction of sp³-hybridized carbons (Fsp3) is 0.667. The van der Waals surface area contributed by atoms with Gasteiger partial charge in [0.25, 0.3) is 0 Å². The van der Waals surface area contributed by atoms with Crippen molar-refractivity contribution in [3.63, 3.8) is 0 Å². The van der Waals surface area contributed by atoms with E-state index >= 15 is 0 Å². The van der Waals surface area contributed by atoms with Gasteiger partial charge in [-0.05, 0) is 55.8 Å². The maximum atomic E-state index is 12.8. The highest BCUT2D eigenvalue weighted by molar-refractivity contribution is 7.89. The third kappa shape index (κ3) is 5.28. The van der Waals surface area contributed by atoms with E-state index in [1.165, 1.54) is 5.56 Å². The lowest BCUT2D eigenvalue weighted by Crippen LogP contribution is -2.41. The zero-order valence-corrected chi connectivity index (χ0v) is 15.6. The predicted molar refractivity (Wildman–Crippen MR) is 96.4 cm³/mol. The lowest BCUT2D eigenvalue weighted by Gasteiger charge is -2.31. The zero-order valence-electron chi connectivity index (χ0n) is 14.8. The zero-order chi connectivity index (χ0) is 17.6. The number of piperidine rings is 1. The molecule has 1 aliphatic heterocycles. The van der Waals surface area contributed by atoms with Gasteiger partial charge >= 0.3 is 0 Å². The van der Waals surface area contributed by atoms with Crippen LogP contribution in [-0.2, 0) is 21.2 Å². The molecule has 6 heteroatoms. The molecule has 1 fully saturated rings. The van der Waals surface area contributed by atoms with Gasteiger partial charge in [0.15, 0.2) is 0 Å². The summed E-state index contributed by atoms with van der Waals surface area (Å²) in [7, 11) is -3.40. The van der Waals surface area contributed by atoms with Crippen LogP contribution in [0.25, 0.3) is 0 Å². The van der Waals surface area contributed by atoms with E-state index in [1.807, 2.05) is 12.1 Å². The highest BCUT2D eigenvalue weighted by Crippen LogP contribution is 2.23. The number of hydrogen-bond donors (Lipinski definition) is 1. The van der Waals surface area contributed by atoms with Crippen LogP contribution >= 0.6 is 0 Å². The van der Waals surface area contributed by atoms with E-state index in [9.17, 15) is 8.42 Å². The fourth-order valence-corrected chi connectivity index (χ4v) is 4.46. The maximum absolute atomic E-state index is 12.8. The molecular weight excluding hydrogens is 324 g/mol. The number of sulfonamides is 1. The van der Waals surface area contributed by atoms with Crippen LogP contribution in [0.15, 0.2) is 29.2 Å². The lowest BCUT2D eigenvalue weighted by atomic mass is 10.0. The Hall–Kier alpha value is -0.950. The molecular formula is C18H30N2O3S. The Balaban J connectivity index is 1.94. The first-order valence-corrected chi connectivity index (χ1v) is 10.3. The second-order valence-electron chi connectivity index (χ2n) is 6.86. The first kappa shape index (κ1) is 19.4. The van der Waals surface area contributed by atoms with Gasteiger partial charge in [-0.1, -0.05) is 26.0 Å². The van der Waals surface area contributed by atoms with Gasteiger partial charge < -0.3 is 10.5 Å². The van der Waals surface area contributed by atoms with Crippen molar-refractivity contribution in [2.75, 3.05) is 26.2 Å². The van der Waals surface area contributed by atoms with Crippen molar-refractivity contribution in [1.82, 2.24) is 4.31 Å². The second kappa shape index (κ2) is 8.94.